The van der Waals surface area contributed by atoms with Crippen LogP contribution in [0, 0.1) is 5.92 Å². The van der Waals surface area contributed by atoms with Crippen LogP contribution >= 0.6 is 11.3 Å². The van der Waals surface area contributed by atoms with Crippen LogP contribution in [0.5, 0.6) is 5.75 Å². The maximum absolute atomic E-state index is 12.4. The Balaban J connectivity index is 1.48. The molecule has 1 amide bonds. The SMILES string of the molecule is CC(C)COC(=O)COc1ccc(NC(=O)c2nnc(C3CCNCC3)s2)cc1. The highest BCUT2D eigenvalue weighted by Crippen LogP contribution is 2.28. The zero-order valence-corrected chi connectivity index (χ0v) is 17.5. The summed E-state index contributed by atoms with van der Waals surface area (Å²) in [4.78, 5) is 24.0. The molecule has 1 aliphatic rings. The van der Waals surface area contributed by atoms with Crippen molar-refractivity contribution in [1.82, 2.24) is 15.5 Å². The van der Waals surface area contributed by atoms with Crippen LogP contribution in [0.2, 0.25) is 0 Å². The van der Waals surface area contributed by atoms with Crippen LogP contribution in [0.4, 0.5) is 5.69 Å². The summed E-state index contributed by atoms with van der Waals surface area (Å²) in [6.07, 6.45) is 2.03. The third-order valence-electron chi connectivity index (χ3n) is 4.37. The average Bonchev–Trinajstić information content (AvgIpc) is 3.23. The van der Waals surface area contributed by atoms with Crippen molar-refractivity contribution in [2.75, 3.05) is 31.6 Å². The minimum Gasteiger partial charge on any atom is -0.482 e. The minimum absolute atomic E-state index is 0.150. The Kier molecular flexibility index (Phi) is 7.54. The number of rotatable bonds is 8. The second-order valence-electron chi connectivity index (χ2n) is 7.31. The van der Waals surface area contributed by atoms with Gasteiger partial charge in [-0.2, -0.15) is 0 Å². The van der Waals surface area contributed by atoms with E-state index in [9.17, 15) is 9.59 Å². The van der Waals surface area contributed by atoms with Crippen LogP contribution in [0.15, 0.2) is 24.3 Å². The zero-order chi connectivity index (χ0) is 20.6. The molecule has 1 fully saturated rings. The van der Waals surface area contributed by atoms with Gasteiger partial charge in [0, 0.05) is 11.6 Å². The highest BCUT2D eigenvalue weighted by molar-refractivity contribution is 7.13. The molecule has 0 saturated carbocycles. The van der Waals surface area contributed by atoms with Crippen molar-refractivity contribution in [1.29, 1.82) is 0 Å². The molecule has 2 N–H and O–H groups in total. The van der Waals surface area contributed by atoms with Crippen molar-refractivity contribution in [3.05, 3.63) is 34.3 Å². The molecular weight excluding hydrogens is 392 g/mol. The summed E-state index contributed by atoms with van der Waals surface area (Å²) in [5, 5.41) is 15.6. The number of hydrogen-bond donors (Lipinski definition) is 2. The van der Waals surface area contributed by atoms with Crippen molar-refractivity contribution < 1.29 is 19.1 Å². The number of aromatic nitrogens is 2. The predicted molar refractivity (Wildman–Crippen MR) is 110 cm³/mol. The van der Waals surface area contributed by atoms with E-state index in [2.05, 4.69) is 20.8 Å². The van der Waals surface area contributed by atoms with E-state index in [1.165, 1.54) is 11.3 Å². The molecule has 0 radical (unpaired) electrons. The number of carbonyl (C=O) groups is 2. The minimum atomic E-state index is -0.406. The summed E-state index contributed by atoms with van der Waals surface area (Å²) in [6, 6.07) is 6.79. The van der Waals surface area contributed by atoms with E-state index < -0.39 is 5.97 Å². The fourth-order valence-electron chi connectivity index (χ4n) is 2.82. The molecular formula is C20H26N4O4S. The maximum atomic E-state index is 12.4. The Bertz CT molecular complexity index is 816. The lowest BCUT2D eigenvalue weighted by Crippen LogP contribution is -2.26. The van der Waals surface area contributed by atoms with Crippen LogP contribution in [0.3, 0.4) is 0 Å². The molecule has 3 rings (SSSR count). The molecule has 1 aliphatic heterocycles. The molecule has 2 heterocycles. The van der Waals surface area contributed by atoms with Crippen LogP contribution in [0.1, 0.15) is 47.4 Å². The van der Waals surface area contributed by atoms with Gasteiger partial charge in [-0.25, -0.2) is 4.79 Å². The molecule has 29 heavy (non-hydrogen) atoms. The van der Waals surface area contributed by atoms with Gasteiger partial charge < -0.3 is 20.1 Å². The lowest BCUT2D eigenvalue weighted by Gasteiger charge is -2.19. The Morgan fingerprint density at radius 3 is 2.62 bits per heavy atom. The smallest absolute Gasteiger partial charge is 0.344 e. The summed E-state index contributed by atoms with van der Waals surface area (Å²) in [5.41, 5.74) is 0.614. The molecule has 1 aromatic carbocycles. The number of esters is 1. The van der Waals surface area contributed by atoms with Gasteiger partial charge in [0.05, 0.1) is 6.61 Å². The number of amides is 1. The van der Waals surface area contributed by atoms with Crippen molar-refractivity contribution in [2.45, 2.75) is 32.6 Å². The number of nitrogens with zero attached hydrogens (tertiary/aromatic N) is 2. The molecule has 0 aliphatic carbocycles. The molecule has 0 unspecified atom stereocenters. The maximum Gasteiger partial charge on any atom is 0.344 e. The topological polar surface area (TPSA) is 102 Å². The summed E-state index contributed by atoms with van der Waals surface area (Å²) in [6.45, 7) is 6.10. The fourth-order valence-corrected chi connectivity index (χ4v) is 3.73. The van der Waals surface area contributed by atoms with Gasteiger partial charge in [0.2, 0.25) is 5.01 Å². The van der Waals surface area contributed by atoms with Crippen molar-refractivity contribution in [3.8, 4) is 5.75 Å². The monoisotopic (exact) mass is 418 g/mol. The predicted octanol–water partition coefficient (Wildman–Crippen LogP) is 2.84. The third-order valence-corrected chi connectivity index (χ3v) is 5.45. The van der Waals surface area contributed by atoms with Gasteiger partial charge in [0.15, 0.2) is 6.61 Å². The van der Waals surface area contributed by atoms with E-state index in [0.717, 1.165) is 30.9 Å². The lowest BCUT2D eigenvalue weighted by atomic mass is 9.99. The highest BCUT2D eigenvalue weighted by Gasteiger charge is 2.21. The number of piperidine rings is 1. The van der Waals surface area contributed by atoms with Gasteiger partial charge in [0.25, 0.3) is 5.91 Å². The van der Waals surface area contributed by atoms with Crippen LogP contribution in [-0.4, -0.2) is 48.4 Å². The Morgan fingerprint density at radius 2 is 1.93 bits per heavy atom. The largest absolute Gasteiger partial charge is 0.482 e. The second-order valence-corrected chi connectivity index (χ2v) is 8.32. The summed E-state index contributed by atoms with van der Waals surface area (Å²) < 4.78 is 10.5. The van der Waals surface area contributed by atoms with Gasteiger partial charge in [0.1, 0.15) is 10.8 Å². The summed E-state index contributed by atoms with van der Waals surface area (Å²) >= 11 is 1.35. The van der Waals surface area contributed by atoms with Crippen LogP contribution in [-0.2, 0) is 9.53 Å². The van der Waals surface area contributed by atoms with Crippen molar-refractivity contribution in [3.63, 3.8) is 0 Å². The number of ether oxygens (including phenoxy) is 2. The molecule has 9 heteroatoms. The average molecular weight is 419 g/mol. The zero-order valence-electron chi connectivity index (χ0n) is 16.6. The normalized spacial score (nSPS) is 14.6. The van der Waals surface area contributed by atoms with Crippen LogP contribution < -0.4 is 15.4 Å². The summed E-state index contributed by atoms with van der Waals surface area (Å²) in [5.74, 6) is 0.490. The molecule has 8 nitrogen and oxygen atoms in total. The van der Waals surface area contributed by atoms with Crippen molar-refractivity contribution >= 4 is 28.9 Å². The van der Waals surface area contributed by atoms with E-state index in [1.807, 2.05) is 13.8 Å². The van der Waals surface area contributed by atoms with Gasteiger partial charge in [-0.05, 0) is 56.1 Å². The molecule has 0 bridgehead atoms. The number of carbonyl (C=O) groups excluding carboxylic acids is 2. The Labute approximate surface area is 174 Å². The lowest BCUT2D eigenvalue weighted by molar-refractivity contribution is -0.147. The molecule has 1 saturated heterocycles. The first-order chi connectivity index (χ1) is 14.0. The van der Waals surface area contributed by atoms with E-state index in [0.29, 0.717) is 29.0 Å². The number of anilines is 1. The van der Waals surface area contributed by atoms with Gasteiger partial charge in [-0.3, -0.25) is 4.79 Å². The molecule has 1 aromatic heterocycles. The summed E-state index contributed by atoms with van der Waals surface area (Å²) in [7, 11) is 0. The van der Waals surface area contributed by atoms with E-state index in [4.69, 9.17) is 9.47 Å². The number of nitrogens with one attached hydrogen (secondary N) is 2. The fraction of sp³-hybridized carbons (Fsp3) is 0.500. The second kappa shape index (κ2) is 10.3. The quantitative estimate of drug-likeness (QED) is 0.636. The van der Waals surface area contributed by atoms with Gasteiger partial charge >= 0.3 is 5.97 Å². The van der Waals surface area contributed by atoms with Crippen LogP contribution in [0.25, 0.3) is 0 Å². The Hall–Kier alpha value is -2.52. The van der Waals surface area contributed by atoms with E-state index in [-0.39, 0.29) is 18.4 Å². The number of benzene rings is 1. The first-order valence-electron chi connectivity index (χ1n) is 9.75. The first-order valence-corrected chi connectivity index (χ1v) is 10.6. The van der Waals surface area contributed by atoms with Gasteiger partial charge in [-0.1, -0.05) is 25.2 Å². The molecule has 0 spiro atoms. The standard InChI is InChI=1S/C20H26N4O4S/c1-13(2)11-28-17(25)12-27-16-5-3-15(4-6-16)22-18(26)20-24-23-19(29-20)14-7-9-21-10-8-14/h3-6,13-14,21H,7-12H2,1-2H3,(H,22,26). The molecule has 2 aromatic rings. The van der Waals surface area contributed by atoms with E-state index >= 15 is 0 Å². The third kappa shape index (κ3) is 6.50. The van der Waals surface area contributed by atoms with E-state index in [1.54, 1.807) is 24.3 Å². The molecule has 156 valence electrons. The number of hydrogen-bond acceptors (Lipinski definition) is 8. The molecule has 0 atom stereocenters. The highest BCUT2D eigenvalue weighted by atomic mass is 32.1. The first kappa shape index (κ1) is 21.2. The van der Waals surface area contributed by atoms with Crippen molar-refractivity contribution in [2.24, 2.45) is 5.92 Å². The van der Waals surface area contributed by atoms with Gasteiger partial charge in [-0.15, -0.1) is 10.2 Å². The Morgan fingerprint density at radius 1 is 1.21 bits per heavy atom.